The lowest BCUT2D eigenvalue weighted by atomic mass is 10.1. The standard InChI is InChI=1S/C39H25F7N4O3S/c40-30-29(39(44,45)46)31(41)33(43)34(32(30)42)50-38(53)35(21-10-3-1-4-11-21)54-25-15-9-14-24(19-25)48-37(52)28(49-36(51)22-12-5-2-6-13-22)18-23-20-47-27-17-8-7-16-26(23)27/h1-20,35,47H,(H,48,52)(H,49,51)(H,50,53)/b28-18-. The molecule has 5 aromatic carbocycles. The molecule has 15 heteroatoms. The fourth-order valence-electron chi connectivity index (χ4n) is 5.37. The molecule has 1 atom stereocenters. The molecule has 54 heavy (non-hydrogen) atoms. The van der Waals surface area contributed by atoms with E-state index in [0.717, 1.165) is 22.7 Å². The van der Waals surface area contributed by atoms with Gasteiger partial charge < -0.3 is 20.9 Å². The maximum atomic E-state index is 14.7. The fourth-order valence-corrected chi connectivity index (χ4v) is 6.46. The molecule has 0 aliphatic heterocycles. The first-order chi connectivity index (χ1) is 25.8. The van der Waals surface area contributed by atoms with Crippen LogP contribution in [0.3, 0.4) is 0 Å². The summed E-state index contributed by atoms with van der Waals surface area (Å²) < 4.78 is 97.5. The molecule has 274 valence electrons. The lowest BCUT2D eigenvalue weighted by Gasteiger charge is -2.19. The first-order valence-electron chi connectivity index (χ1n) is 15.8. The van der Waals surface area contributed by atoms with Crippen molar-refractivity contribution in [3.05, 3.63) is 167 Å². The zero-order valence-corrected chi connectivity index (χ0v) is 28.2. The number of hydrogen-bond donors (Lipinski definition) is 4. The highest BCUT2D eigenvalue weighted by Gasteiger charge is 2.43. The van der Waals surface area contributed by atoms with Gasteiger partial charge in [-0.1, -0.05) is 72.8 Å². The van der Waals surface area contributed by atoms with Gasteiger partial charge in [-0.3, -0.25) is 14.4 Å². The molecular formula is C39H25F7N4O3S. The summed E-state index contributed by atoms with van der Waals surface area (Å²) in [4.78, 5) is 43.8. The van der Waals surface area contributed by atoms with E-state index < -0.39 is 63.7 Å². The van der Waals surface area contributed by atoms with Crippen LogP contribution in [0.1, 0.15) is 32.3 Å². The first kappa shape index (κ1) is 37.4. The van der Waals surface area contributed by atoms with Crippen molar-refractivity contribution in [2.45, 2.75) is 16.3 Å². The molecule has 7 nitrogen and oxygen atoms in total. The molecule has 4 N–H and O–H groups in total. The summed E-state index contributed by atoms with van der Waals surface area (Å²) in [7, 11) is 0. The molecule has 1 heterocycles. The van der Waals surface area contributed by atoms with Crippen LogP contribution in [0.25, 0.3) is 17.0 Å². The van der Waals surface area contributed by atoms with E-state index in [1.165, 1.54) is 54.6 Å². The van der Waals surface area contributed by atoms with Crippen molar-refractivity contribution in [1.82, 2.24) is 10.3 Å². The number of nitrogens with one attached hydrogen (secondary N) is 4. The Balaban J connectivity index is 1.28. The molecule has 6 rings (SSSR count). The third-order valence-corrected chi connectivity index (χ3v) is 9.18. The van der Waals surface area contributed by atoms with Gasteiger partial charge in [-0.05, 0) is 48.0 Å². The molecule has 0 saturated heterocycles. The van der Waals surface area contributed by atoms with Crippen molar-refractivity contribution >= 4 is 57.8 Å². The molecule has 0 bridgehead atoms. The topological polar surface area (TPSA) is 103 Å². The monoisotopic (exact) mass is 762 g/mol. The Labute approximate surface area is 306 Å². The third kappa shape index (κ3) is 8.15. The zero-order chi connectivity index (χ0) is 38.6. The van der Waals surface area contributed by atoms with Crippen LogP contribution < -0.4 is 16.0 Å². The molecule has 3 amide bonds. The highest BCUT2D eigenvalue weighted by molar-refractivity contribution is 8.00. The molecule has 0 spiro atoms. The number of H-pyrrole nitrogens is 1. The average Bonchev–Trinajstić information content (AvgIpc) is 3.57. The SMILES string of the molecule is O=C(Nc1cccc(SC(C(=O)Nc2c(F)c(F)c(C(F)(F)F)c(F)c2F)c2ccccc2)c1)/C(=C/c1c[nH]c2ccccc12)NC(=O)c1ccccc1. The molecule has 0 aliphatic rings. The lowest BCUT2D eigenvalue weighted by molar-refractivity contribution is -0.143. The Morgan fingerprint density at radius 2 is 1.35 bits per heavy atom. The summed E-state index contributed by atoms with van der Waals surface area (Å²) >= 11 is 0.795. The number of aromatic amines is 1. The number of halogens is 7. The molecule has 0 radical (unpaired) electrons. The Bertz CT molecular complexity index is 2370. The summed E-state index contributed by atoms with van der Waals surface area (Å²) in [6.07, 6.45) is -2.60. The van der Waals surface area contributed by atoms with Crippen LogP contribution >= 0.6 is 11.8 Å². The number of para-hydroxylation sites is 1. The van der Waals surface area contributed by atoms with Crippen LogP contribution in [0.5, 0.6) is 0 Å². The molecule has 0 fully saturated rings. The van der Waals surface area contributed by atoms with Crippen molar-refractivity contribution in [2.24, 2.45) is 0 Å². The van der Waals surface area contributed by atoms with Gasteiger partial charge >= 0.3 is 6.18 Å². The van der Waals surface area contributed by atoms with Crippen molar-refractivity contribution in [3.8, 4) is 0 Å². The third-order valence-electron chi connectivity index (χ3n) is 7.93. The van der Waals surface area contributed by atoms with Gasteiger partial charge in [0.25, 0.3) is 11.8 Å². The molecular weight excluding hydrogens is 738 g/mol. The number of rotatable bonds is 10. The number of amides is 3. The summed E-state index contributed by atoms with van der Waals surface area (Å²) in [6, 6.07) is 29.2. The summed E-state index contributed by atoms with van der Waals surface area (Å²) in [5, 5.41) is 6.46. The van der Waals surface area contributed by atoms with Crippen LogP contribution in [0.15, 0.2) is 126 Å². The normalized spacial score (nSPS) is 12.3. The number of benzene rings is 5. The van der Waals surface area contributed by atoms with Crippen molar-refractivity contribution < 1.29 is 45.1 Å². The predicted molar refractivity (Wildman–Crippen MR) is 190 cm³/mol. The quantitative estimate of drug-likeness (QED) is 0.0483. The first-order valence-corrected chi connectivity index (χ1v) is 16.7. The highest BCUT2D eigenvalue weighted by atomic mass is 32.2. The average molecular weight is 763 g/mol. The minimum absolute atomic E-state index is 0.117. The van der Waals surface area contributed by atoms with E-state index >= 15 is 0 Å². The fraction of sp³-hybridized carbons (Fsp3) is 0.0513. The maximum absolute atomic E-state index is 14.7. The zero-order valence-electron chi connectivity index (χ0n) is 27.4. The number of anilines is 2. The second kappa shape index (κ2) is 15.7. The van der Waals surface area contributed by atoms with Gasteiger partial charge in [0.05, 0.1) is 0 Å². The van der Waals surface area contributed by atoms with Gasteiger partial charge in [0.15, 0.2) is 23.3 Å². The van der Waals surface area contributed by atoms with Gasteiger partial charge in [-0.15, -0.1) is 11.8 Å². The largest absolute Gasteiger partial charge is 0.422 e. The minimum Gasteiger partial charge on any atom is -0.361 e. The number of aromatic nitrogens is 1. The predicted octanol–water partition coefficient (Wildman–Crippen LogP) is 9.62. The van der Waals surface area contributed by atoms with E-state index in [-0.39, 0.29) is 16.9 Å². The van der Waals surface area contributed by atoms with Gasteiger partial charge in [-0.25, -0.2) is 17.6 Å². The van der Waals surface area contributed by atoms with Gasteiger partial charge in [0.1, 0.15) is 22.2 Å². The number of hydrogen-bond acceptors (Lipinski definition) is 4. The molecule has 1 aromatic heterocycles. The summed E-state index contributed by atoms with van der Waals surface area (Å²) in [5.74, 6) is -12.8. The smallest absolute Gasteiger partial charge is 0.361 e. The van der Waals surface area contributed by atoms with E-state index in [2.05, 4.69) is 15.6 Å². The number of alkyl halides is 3. The van der Waals surface area contributed by atoms with Crippen LogP contribution in [-0.2, 0) is 15.8 Å². The molecule has 0 saturated carbocycles. The number of carbonyl (C=O) groups excluding carboxylic acids is 3. The van der Waals surface area contributed by atoms with Crippen LogP contribution in [0.4, 0.5) is 42.1 Å². The van der Waals surface area contributed by atoms with E-state index in [1.54, 1.807) is 47.9 Å². The molecule has 0 aliphatic carbocycles. The van der Waals surface area contributed by atoms with Crippen molar-refractivity contribution in [2.75, 3.05) is 10.6 Å². The van der Waals surface area contributed by atoms with E-state index in [0.29, 0.717) is 16.0 Å². The van der Waals surface area contributed by atoms with Crippen LogP contribution in [-0.4, -0.2) is 22.7 Å². The Hall–Kier alpha value is -6.35. The van der Waals surface area contributed by atoms with E-state index in [4.69, 9.17) is 0 Å². The Morgan fingerprint density at radius 3 is 2.02 bits per heavy atom. The summed E-state index contributed by atoms with van der Waals surface area (Å²) in [6.45, 7) is 0. The number of fused-ring (bicyclic) bond motifs is 1. The van der Waals surface area contributed by atoms with Crippen LogP contribution in [0, 0.1) is 23.3 Å². The Morgan fingerprint density at radius 1 is 0.722 bits per heavy atom. The Kier molecular flexibility index (Phi) is 10.9. The van der Waals surface area contributed by atoms with Crippen molar-refractivity contribution in [3.63, 3.8) is 0 Å². The van der Waals surface area contributed by atoms with Gasteiger partial charge in [-0.2, -0.15) is 13.2 Å². The van der Waals surface area contributed by atoms with Crippen LogP contribution in [0.2, 0.25) is 0 Å². The summed E-state index contributed by atoms with van der Waals surface area (Å²) in [5.41, 5.74) is -2.51. The number of thioether (sulfide) groups is 1. The van der Waals surface area contributed by atoms with Gasteiger partial charge in [0.2, 0.25) is 5.91 Å². The second-order valence-corrected chi connectivity index (χ2v) is 12.7. The minimum atomic E-state index is -5.76. The lowest BCUT2D eigenvalue weighted by Crippen LogP contribution is -2.30. The molecule has 1 unspecified atom stereocenters. The van der Waals surface area contributed by atoms with E-state index in [1.807, 2.05) is 24.3 Å². The number of carbonyl (C=O) groups is 3. The van der Waals surface area contributed by atoms with Crippen molar-refractivity contribution in [1.29, 1.82) is 0 Å². The van der Waals surface area contributed by atoms with E-state index in [9.17, 15) is 45.1 Å². The molecule has 6 aromatic rings. The maximum Gasteiger partial charge on any atom is 0.422 e. The van der Waals surface area contributed by atoms with Gasteiger partial charge in [0, 0.05) is 38.8 Å². The second-order valence-electron chi connectivity index (χ2n) is 11.6. The highest BCUT2D eigenvalue weighted by Crippen LogP contribution is 2.41.